The van der Waals surface area contributed by atoms with Crippen LogP contribution in [0.3, 0.4) is 0 Å². The largest absolute Gasteiger partial charge is 0.313 e. The second-order valence-corrected chi connectivity index (χ2v) is 6.10. The standard InChI is InChI=1S/C12H23N/c1-9(2)10-7-12(8-13-10)6-5-11(12,3)4/h9-10,13H,5-8H2,1-4H3. The molecule has 0 bridgehead atoms. The highest BCUT2D eigenvalue weighted by Crippen LogP contribution is 2.60. The minimum atomic E-state index is 0.601. The van der Waals surface area contributed by atoms with Crippen molar-refractivity contribution in [1.29, 1.82) is 0 Å². The lowest BCUT2D eigenvalue weighted by Gasteiger charge is -2.54. The first kappa shape index (κ1) is 9.51. The van der Waals surface area contributed by atoms with Crippen molar-refractivity contribution >= 4 is 0 Å². The number of nitrogens with one attached hydrogen (secondary N) is 1. The third-order valence-corrected chi connectivity index (χ3v) is 4.78. The summed E-state index contributed by atoms with van der Waals surface area (Å²) < 4.78 is 0. The molecular formula is C12H23N. The summed E-state index contributed by atoms with van der Waals surface area (Å²) in [5, 5.41) is 3.70. The van der Waals surface area contributed by atoms with E-state index in [9.17, 15) is 0 Å². The Morgan fingerprint density at radius 1 is 1.23 bits per heavy atom. The third-order valence-electron chi connectivity index (χ3n) is 4.78. The van der Waals surface area contributed by atoms with Crippen LogP contribution in [0.5, 0.6) is 0 Å². The van der Waals surface area contributed by atoms with Gasteiger partial charge in [-0.25, -0.2) is 0 Å². The number of rotatable bonds is 1. The lowest BCUT2D eigenvalue weighted by molar-refractivity contribution is -0.0357. The molecule has 0 aromatic rings. The normalized spacial score (nSPS) is 42.7. The van der Waals surface area contributed by atoms with Crippen molar-refractivity contribution in [3.05, 3.63) is 0 Å². The maximum atomic E-state index is 3.70. The van der Waals surface area contributed by atoms with Crippen molar-refractivity contribution in [3.8, 4) is 0 Å². The van der Waals surface area contributed by atoms with Crippen molar-refractivity contribution < 1.29 is 0 Å². The molecule has 76 valence electrons. The Bertz CT molecular complexity index is 207. The second kappa shape index (κ2) is 2.73. The average Bonchev–Trinajstić information content (AvgIpc) is 2.49. The second-order valence-electron chi connectivity index (χ2n) is 6.10. The van der Waals surface area contributed by atoms with Gasteiger partial charge in [0, 0.05) is 12.6 Å². The molecule has 1 heterocycles. The summed E-state index contributed by atoms with van der Waals surface area (Å²) in [6, 6.07) is 0.777. The van der Waals surface area contributed by atoms with Crippen LogP contribution in [0, 0.1) is 16.7 Å². The maximum Gasteiger partial charge on any atom is 0.00962 e. The van der Waals surface area contributed by atoms with Crippen molar-refractivity contribution in [2.24, 2.45) is 16.7 Å². The molecule has 13 heavy (non-hydrogen) atoms. The molecule has 2 unspecified atom stereocenters. The van der Waals surface area contributed by atoms with Gasteiger partial charge in [-0.1, -0.05) is 27.7 Å². The van der Waals surface area contributed by atoms with Crippen LogP contribution >= 0.6 is 0 Å². The smallest absolute Gasteiger partial charge is 0.00962 e. The van der Waals surface area contributed by atoms with Crippen LogP contribution in [-0.4, -0.2) is 12.6 Å². The Balaban J connectivity index is 2.05. The SMILES string of the molecule is CC(C)C1CC2(CCC2(C)C)CN1. The molecule has 0 amide bonds. The highest BCUT2D eigenvalue weighted by molar-refractivity contribution is 5.08. The van der Waals surface area contributed by atoms with Crippen molar-refractivity contribution in [2.75, 3.05) is 6.54 Å². The summed E-state index contributed by atoms with van der Waals surface area (Å²) in [6.45, 7) is 10.8. The third kappa shape index (κ3) is 1.24. The molecule has 1 N–H and O–H groups in total. The van der Waals surface area contributed by atoms with E-state index < -0.39 is 0 Å². The first-order valence-corrected chi connectivity index (χ1v) is 5.70. The molecule has 2 rings (SSSR count). The van der Waals surface area contributed by atoms with Crippen LogP contribution in [0.25, 0.3) is 0 Å². The Morgan fingerprint density at radius 2 is 1.92 bits per heavy atom. The van der Waals surface area contributed by atoms with E-state index in [4.69, 9.17) is 0 Å². The zero-order valence-electron chi connectivity index (χ0n) is 9.48. The fraction of sp³-hybridized carbons (Fsp3) is 1.00. The van der Waals surface area contributed by atoms with Gasteiger partial charge in [-0.3, -0.25) is 0 Å². The van der Waals surface area contributed by atoms with Gasteiger partial charge in [-0.15, -0.1) is 0 Å². The highest BCUT2D eigenvalue weighted by atomic mass is 15.0. The molecule has 0 aromatic carbocycles. The van der Waals surface area contributed by atoms with Crippen LogP contribution in [0.1, 0.15) is 47.0 Å². The molecule has 2 atom stereocenters. The minimum Gasteiger partial charge on any atom is -0.313 e. The molecule has 0 aromatic heterocycles. The summed E-state index contributed by atoms with van der Waals surface area (Å²) in [6.07, 6.45) is 4.30. The summed E-state index contributed by atoms with van der Waals surface area (Å²) in [4.78, 5) is 0. The van der Waals surface area contributed by atoms with Gasteiger partial charge in [-0.2, -0.15) is 0 Å². The lowest BCUT2D eigenvalue weighted by Crippen LogP contribution is -2.48. The lowest BCUT2D eigenvalue weighted by atomic mass is 9.50. The van der Waals surface area contributed by atoms with Crippen molar-refractivity contribution in [3.63, 3.8) is 0 Å². The summed E-state index contributed by atoms with van der Waals surface area (Å²) in [7, 11) is 0. The van der Waals surface area contributed by atoms with Crippen molar-refractivity contribution in [1.82, 2.24) is 5.32 Å². The van der Waals surface area contributed by atoms with Gasteiger partial charge in [0.1, 0.15) is 0 Å². The van der Waals surface area contributed by atoms with Crippen LogP contribution in [0.2, 0.25) is 0 Å². The van der Waals surface area contributed by atoms with E-state index >= 15 is 0 Å². The van der Waals surface area contributed by atoms with Crippen LogP contribution in [0.4, 0.5) is 0 Å². The van der Waals surface area contributed by atoms with Gasteiger partial charge >= 0.3 is 0 Å². The van der Waals surface area contributed by atoms with Gasteiger partial charge in [0.05, 0.1) is 0 Å². The van der Waals surface area contributed by atoms with E-state index in [1.165, 1.54) is 25.8 Å². The number of hydrogen-bond acceptors (Lipinski definition) is 1. The predicted octanol–water partition coefficient (Wildman–Crippen LogP) is 2.81. The molecule has 0 radical (unpaired) electrons. The monoisotopic (exact) mass is 181 g/mol. The van der Waals surface area contributed by atoms with E-state index in [2.05, 4.69) is 33.0 Å². The molecular weight excluding hydrogens is 158 g/mol. The Kier molecular flexibility index (Phi) is 1.99. The molecule has 2 fully saturated rings. The molecule has 1 aliphatic heterocycles. The van der Waals surface area contributed by atoms with Gasteiger partial charge in [-0.05, 0) is 36.0 Å². The van der Waals surface area contributed by atoms with Crippen LogP contribution in [-0.2, 0) is 0 Å². The molecule has 1 heteroatoms. The first-order chi connectivity index (χ1) is 5.97. The Morgan fingerprint density at radius 3 is 2.15 bits per heavy atom. The van der Waals surface area contributed by atoms with Gasteiger partial charge in [0.25, 0.3) is 0 Å². The van der Waals surface area contributed by atoms with Gasteiger partial charge < -0.3 is 5.32 Å². The van der Waals surface area contributed by atoms with E-state index in [0.717, 1.165) is 12.0 Å². The molecule has 1 nitrogen and oxygen atoms in total. The Hall–Kier alpha value is -0.0400. The summed E-state index contributed by atoms with van der Waals surface area (Å²) >= 11 is 0. The predicted molar refractivity (Wildman–Crippen MR) is 56.7 cm³/mol. The van der Waals surface area contributed by atoms with E-state index in [-0.39, 0.29) is 0 Å². The molecule has 1 saturated heterocycles. The average molecular weight is 181 g/mol. The highest BCUT2D eigenvalue weighted by Gasteiger charge is 2.56. The fourth-order valence-corrected chi connectivity index (χ4v) is 3.05. The molecule has 2 aliphatic rings. The van der Waals surface area contributed by atoms with Crippen molar-refractivity contribution in [2.45, 2.75) is 53.0 Å². The zero-order chi connectivity index (χ0) is 9.69. The van der Waals surface area contributed by atoms with Gasteiger partial charge in [0.2, 0.25) is 0 Å². The zero-order valence-corrected chi connectivity index (χ0v) is 9.48. The van der Waals surface area contributed by atoms with Crippen LogP contribution < -0.4 is 5.32 Å². The molecule has 1 aliphatic carbocycles. The molecule has 1 saturated carbocycles. The maximum absolute atomic E-state index is 3.70. The van der Waals surface area contributed by atoms with E-state index in [1.807, 2.05) is 0 Å². The van der Waals surface area contributed by atoms with Gasteiger partial charge in [0.15, 0.2) is 0 Å². The summed E-state index contributed by atoms with van der Waals surface area (Å²) in [5.74, 6) is 0.802. The summed E-state index contributed by atoms with van der Waals surface area (Å²) in [5.41, 5.74) is 1.26. The quantitative estimate of drug-likeness (QED) is 0.656. The fourth-order valence-electron chi connectivity index (χ4n) is 3.05. The molecule has 1 spiro atoms. The topological polar surface area (TPSA) is 12.0 Å². The Labute approximate surface area is 82.3 Å². The van der Waals surface area contributed by atoms with Crippen LogP contribution in [0.15, 0.2) is 0 Å². The minimum absolute atomic E-state index is 0.601. The first-order valence-electron chi connectivity index (χ1n) is 5.70. The van der Waals surface area contributed by atoms with E-state index in [1.54, 1.807) is 0 Å². The van der Waals surface area contributed by atoms with E-state index in [0.29, 0.717) is 10.8 Å². The number of hydrogen-bond donors (Lipinski definition) is 1.